The maximum Gasteiger partial charge on any atom is 0.161 e. The lowest BCUT2D eigenvalue weighted by Gasteiger charge is -2.28. The highest BCUT2D eigenvalue weighted by molar-refractivity contribution is 5.43. The molecule has 0 radical (unpaired) electrons. The third kappa shape index (κ3) is 8.97. The molecule has 6 nitrogen and oxygen atoms in total. The molecule has 0 aliphatic heterocycles. The maximum absolute atomic E-state index is 10.6. The van der Waals surface area contributed by atoms with Crippen LogP contribution < -0.4 is 20.5 Å². The van der Waals surface area contributed by atoms with Crippen LogP contribution in [0.3, 0.4) is 0 Å². The van der Waals surface area contributed by atoms with Gasteiger partial charge in [-0.2, -0.15) is 0 Å². The van der Waals surface area contributed by atoms with E-state index in [0.29, 0.717) is 37.6 Å². The molecule has 0 saturated heterocycles. The highest BCUT2D eigenvalue weighted by atomic mass is 16.5. The van der Waals surface area contributed by atoms with Crippen molar-refractivity contribution in [3.05, 3.63) is 23.8 Å². The van der Waals surface area contributed by atoms with Crippen LogP contribution in [-0.4, -0.2) is 57.3 Å². The minimum absolute atomic E-state index is 0.232. The van der Waals surface area contributed by atoms with Crippen LogP contribution in [0.2, 0.25) is 0 Å². The molecule has 0 spiro atoms. The van der Waals surface area contributed by atoms with E-state index in [-0.39, 0.29) is 6.04 Å². The minimum Gasteiger partial charge on any atom is -0.493 e. The van der Waals surface area contributed by atoms with E-state index in [9.17, 15) is 5.11 Å². The van der Waals surface area contributed by atoms with Crippen molar-refractivity contribution >= 4 is 0 Å². The van der Waals surface area contributed by atoms with Gasteiger partial charge in [-0.3, -0.25) is 0 Å². The molecule has 31 heavy (non-hydrogen) atoms. The van der Waals surface area contributed by atoms with Crippen molar-refractivity contribution in [2.45, 2.75) is 77.0 Å². The van der Waals surface area contributed by atoms with Gasteiger partial charge in [0.2, 0.25) is 0 Å². The summed E-state index contributed by atoms with van der Waals surface area (Å²) in [5.41, 5.74) is 7.62. The zero-order valence-corrected chi connectivity index (χ0v) is 19.9. The molecule has 4 N–H and O–H groups in total. The SMILES string of the molecule is COCCCOc1cc(C[C@@H](C[C@H](N)[C@@H](O)CNC2CCCC2)C(C)C)ccc1OC. The summed E-state index contributed by atoms with van der Waals surface area (Å²) in [6.07, 6.45) is 7.00. The lowest BCUT2D eigenvalue weighted by Crippen LogP contribution is -2.45. The first-order chi connectivity index (χ1) is 14.9. The second-order valence-corrected chi connectivity index (χ2v) is 9.24. The van der Waals surface area contributed by atoms with Gasteiger partial charge >= 0.3 is 0 Å². The third-order valence-electron chi connectivity index (χ3n) is 6.46. The number of methoxy groups -OCH3 is 2. The fraction of sp³-hybridized carbons (Fsp3) is 0.760. The summed E-state index contributed by atoms with van der Waals surface area (Å²) in [7, 11) is 3.35. The Morgan fingerprint density at radius 3 is 2.52 bits per heavy atom. The average Bonchev–Trinajstić information content (AvgIpc) is 3.28. The Morgan fingerprint density at radius 1 is 1.13 bits per heavy atom. The van der Waals surface area contributed by atoms with Gasteiger partial charge in [0.05, 0.1) is 19.8 Å². The zero-order chi connectivity index (χ0) is 22.6. The van der Waals surface area contributed by atoms with Crippen molar-refractivity contribution in [2.75, 3.05) is 34.0 Å². The second-order valence-electron chi connectivity index (χ2n) is 9.24. The number of aliphatic hydroxyl groups is 1. The number of hydrogen-bond donors (Lipinski definition) is 3. The number of hydrogen-bond acceptors (Lipinski definition) is 6. The smallest absolute Gasteiger partial charge is 0.161 e. The number of rotatable bonds is 15. The first kappa shape index (κ1) is 25.9. The molecule has 0 aromatic heterocycles. The molecule has 1 aliphatic rings. The third-order valence-corrected chi connectivity index (χ3v) is 6.46. The minimum atomic E-state index is -0.516. The van der Waals surface area contributed by atoms with Crippen LogP contribution >= 0.6 is 0 Å². The molecule has 1 aromatic rings. The van der Waals surface area contributed by atoms with Gasteiger partial charge in [0.25, 0.3) is 0 Å². The standard InChI is InChI=1S/C25H44N2O4/c1-18(2)20(16-22(26)23(28)17-27-21-8-5-6-9-21)14-19-10-11-24(30-4)25(15-19)31-13-7-12-29-3/h10-11,15,18,20-23,27-28H,5-9,12-14,16-17,26H2,1-4H3/t20-,22-,23-/m0/s1. The van der Waals surface area contributed by atoms with E-state index in [1.54, 1.807) is 14.2 Å². The first-order valence-electron chi connectivity index (χ1n) is 11.9. The topological polar surface area (TPSA) is 86.0 Å². The van der Waals surface area contributed by atoms with Crippen LogP contribution in [0.1, 0.15) is 57.9 Å². The number of nitrogens with one attached hydrogen (secondary N) is 1. The van der Waals surface area contributed by atoms with Crippen LogP contribution in [0.25, 0.3) is 0 Å². The van der Waals surface area contributed by atoms with Gasteiger partial charge in [-0.1, -0.05) is 32.8 Å². The number of ether oxygens (including phenoxy) is 3. The largest absolute Gasteiger partial charge is 0.493 e. The maximum atomic E-state index is 10.6. The summed E-state index contributed by atoms with van der Waals surface area (Å²) in [4.78, 5) is 0. The summed E-state index contributed by atoms with van der Waals surface area (Å²) < 4.78 is 16.5. The highest BCUT2D eigenvalue weighted by Crippen LogP contribution is 2.31. The number of benzene rings is 1. The lowest BCUT2D eigenvalue weighted by atomic mass is 9.83. The van der Waals surface area contributed by atoms with E-state index >= 15 is 0 Å². The van der Waals surface area contributed by atoms with Gasteiger partial charge < -0.3 is 30.4 Å². The van der Waals surface area contributed by atoms with E-state index in [1.165, 1.54) is 31.2 Å². The summed E-state index contributed by atoms with van der Waals surface area (Å²) >= 11 is 0. The molecule has 178 valence electrons. The summed E-state index contributed by atoms with van der Waals surface area (Å²) in [5.74, 6) is 2.36. The van der Waals surface area contributed by atoms with Crippen LogP contribution in [0.15, 0.2) is 18.2 Å². The van der Waals surface area contributed by atoms with Crippen LogP contribution in [0.4, 0.5) is 0 Å². The number of aliphatic hydroxyl groups excluding tert-OH is 1. The predicted molar refractivity (Wildman–Crippen MR) is 126 cm³/mol. The molecule has 1 saturated carbocycles. The Bertz CT molecular complexity index is 620. The molecular weight excluding hydrogens is 392 g/mol. The summed E-state index contributed by atoms with van der Waals surface area (Å²) in [6.45, 7) is 6.30. The van der Waals surface area contributed by atoms with Crippen LogP contribution in [0, 0.1) is 11.8 Å². The fourth-order valence-electron chi connectivity index (χ4n) is 4.32. The van der Waals surface area contributed by atoms with Gasteiger partial charge in [0, 0.05) is 38.8 Å². The molecule has 0 amide bonds. The highest BCUT2D eigenvalue weighted by Gasteiger charge is 2.24. The van der Waals surface area contributed by atoms with Gasteiger partial charge in [0.15, 0.2) is 11.5 Å². The molecule has 3 atom stereocenters. The van der Waals surface area contributed by atoms with Crippen molar-refractivity contribution < 1.29 is 19.3 Å². The van der Waals surface area contributed by atoms with Crippen molar-refractivity contribution in [1.82, 2.24) is 5.32 Å². The number of nitrogens with two attached hydrogens (primary N) is 1. The summed E-state index contributed by atoms with van der Waals surface area (Å²) in [5, 5.41) is 14.1. The Labute approximate surface area is 188 Å². The van der Waals surface area contributed by atoms with E-state index in [0.717, 1.165) is 30.8 Å². The normalized spacial score (nSPS) is 17.6. The Hall–Kier alpha value is -1.34. The zero-order valence-electron chi connectivity index (χ0n) is 19.9. The van der Waals surface area contributed by atoms with Crippen LogP contribution in [0.5, 0.6) is 11.5 Å². The first-order valence-corrected chi connectivity index (χ1v) is 11.9. The van der Waals surface area contributed by atoms with Crippen molar-refractivity contribution in [2.24, 2.45) is 17.6 Å². The van der Waals surface area contributed by atoms with Crippen molar-refractivity contribution in [1.29, 1.82) is 0 Å². The van der Waals surface area contributed by atoms with Gasteiger partial charge in [0.1, 0.15) is 0 Å². The van der Waals surface area contributed by atoms with E-state index in [2.05, 4.69) is 31.3 Å². The monoisotopic (exact) mass is 436 g/mol. The van der Waals surface area contributed by atoms with Crippen molar-refractivity contribution in [3.63, 3.8) is 0 Å². The fourth-order valence-corrected chi connectivity index (χ4v) is 4.32. The molecule has 0 bridgehead atoms. The lowest BCUT2D eigenvalue weighted by molar-refractivity contribution is 0.121. The summed E-state index contributed by atoms with van der Waals surface area (Å²) in [6, 6.07) is 6.46. The van der Waals surface area contributed by atoms with Crippen LogP contribution in [-0.2, 0) is 11.2 Å². The van der Waals surface area contributed by atoms with Crippen molar-refractivity contribution in [3.8, 4) is 11.5 Å². The Morgan fingerprint density at radius 2 is 1.87 bits per heavy atom. The molecule has 0 heterocycles. The van der Waals surface area contributed by atoms with E-state index in [4.69, 9.17) is 19.9 Å². The second kappa shape index (κ2) is 13.9. The molecule has 2 rings (SSSR count). The van der Waals surface area contributed by atoms with Gasteiger partial charge in [-0.25, -0.2) is 0 Å². The molecule has 0 unspecified atom stereocenters. The van der Waals surface area contributed by atoms with E-state index in [1.807, 2.05) is 6.07 Å². The Kier molecular flexibility index (Phi) is 11.7. The molecule has 1 aliphatic carbocycles. The molecular formula is C25H44N2O4. The van der Waals surface area contributed by atoms with Gasteiger partial charge in [-0.15, -0.1) is 0 Å². The molecule has 1 fully saturated rings. The predicted octanol–water partition coefficient (Wildman–Crippen LogP) is 3.54. The molecule has 1 aromatic carbocycles. The quantitative estimate of drug-likeness (QED) is 0.365. The van der Waals surface area contributed by atoms with Gasteiger partial charge in [-0.05, 0) is 55.2 Å². The van der Waals surface area contributed by atoms with E-state index < -0.39 is 6.10 Å². The molecule has 6 heteroatoms. The Balaban J connectivity index is 1.93. The average molecular weight is 437 g/mol.